The van der Waals surface area contributed by atoms with Gasteiger partial charge in [0.2, 0.25) is 5.91 Å². The summed E-state index contributed by atoms with van der Waals surface area (Å²) in [4.78, 5) is 18.1. The van der Waals surface area contributed by atoms with Crippen LogP contribution in [-0.2, 0) is 11.3 Å². The van der Waals surface area contributed by atoms with Crippen LogP contribution in [-0.4, -0.2) is 54.5 Å². The average molecular weight is 309 g/mol. The lowest BCUT2D eigenvalue weighted by Gasteiger charge is -2.34. The Morgan fingerprint density at radius 2 is 1.90 bits per heavy atom. The van der Waals surface area contributed by atoms with E-state index in [0.29, 0.717) is 12.5 Å². The Balaban J connectivity index is 1.68. The lowest BCUT2D eigenvalue weighted by Crippen LogP contribution is -2.50. The second-order valence-electron chi connectivity index (χ2n) is 6.23. The zero-order chi connectivity index (χ0) is 15.2. The first-order valence-corrected chi connectivity index (χ1v) is 8.69. The number of hydrogen-bond donors (Lipinski definition) is 1. The van der Waals surface area contributed by atoms with Gasteiger partial charge in [-0.05, 0) is 24.3 Å². The lowest BCUT2D eigenvalue weighted by atomic mass is 10.1. The summed E-state index contributed by atoms with van der Waals surface area (Å²) < 4.78 is 0. The van der Waals surface area contributed by atoms with E-state index in [9.17, 15) is 4.79 Å². The average Bonchev–Trinajstić information content (AvgIpc) is 2.93. The summed E-state index contributed by atoms with van der Waals surface area (Å²) >= 11 is 1.82. The van der Waals surface area contributed by atoms with Gasteiger partial charge in [-0.1, -0.05) is 19.9 Å². The molecule has 0 radical (unpaired) electrons. The third kappa shape index (κ3) is 5.41. The number of rotatable bonds is 6. The molecule has 0 saturated carbocycles. The molecule has 4 nitrogen and oxygen atoms in total. The highest BCUT2D eigenvalue weighted by Crippen LogP contribution is 2.13. The number of piperazine rings is 1. The fourth-order valence-electron chi connectivity index (χ4n) is 2.40. The van der Waals surface area contributed by atoms with E-state index in [1.807, 2.05) is 11.3 Å². The maximum Gasteiger partial charge on any atom is 0.234 e. The van der Waals surface area contributed by atoms with Crippen molar-refractivity contribution in [2.45, 2.75) is 33.4 Å². The second kappa shape index (κ2) is 7.92. The standard InChI is InChI=1S/C16H27N3OS/c1-13(2)14(3)17-16(20)12-19-8-6-18(7-9-19)11-15-5-4-10-21-15/h4-5,10,13-14H,6-9,11-12H2,1-3H3,(H,17,20). The van der Waals surface area contributed by atoms with Gasteiger partial charge in [0.05, 0.1) is 6.54 Å². The van der Waals surface area contributed by atoms with E-state index in [-0.39, 0.29) is 11.9 Å². The van der Waals surface area contributed by atoms with Crippen molar-refractivity contribution >= 4 is 17.2 Å². The van der Waals surface area contributed by atoms with Crippen molar-refractivity contribution in [2.75, 3.05) is 32.7 Å². The van der Waals surface area contributed by atoms with E-state index in [1.54, 1.807) is 0 Å². The molecule has 1 aliphatic rings. The maximum absolute atomic E-state index is 12.0. The van der Waals surface area contributed by atoms with E-state index < -0.39 is 0 Å². The van der Waals surface area contributed by atoms with E-state index in [0.717, 1.165) is 32.7 Å². The first-order valence-electron chi connectivity index (χ1n) is 7.81. The summed E-state index contributed by atoms with van der Waals surface area (Å²) in [7, 11) is 0. The van der Waals surface area contributed by atoms with Crippen molar-refractivity contribution in [3.63, 3.8) is 0 Å². The van der Waals surface area contributed by atoms with E-state index >= 15 is 0 Å². The molecule has 0 bridgehead atoms. The van der Waals surface area contributed by atoms with Crippen LogP contribution in [0.5, 0.6) is 0 Å². The topological polar surface area (TPSA) is 35.6 Å². The van der Waals surface area contributed by atoms with Crippen LogP contribution < -0.4 is 5.32 Å². The Bertz CT molecular complexity index is 425. The number of nitrogens with zero attached hydrogens (tertiary/aromatic N) is 2. The van der Waals surface area contributed by atoms with Crippen LogP contribution in [0.25, 0.3) is 0 Å². The number of nitrogens with one attached hydrogen (secondary N) is 1. The van der Waals surface area contributed by atoms with Crippen LogP contribution in [0.2, 0.25) is 0 Å². The molecule has 1 aliphatic heterocycles. The first kappa shape index (κ1) is 16.5. The number of thiophene rings is 1. The Kier molecular flexibility index (Phi) is 6.21. The minimum Gasteiger partial charge on any atom is -0.352 e. The van der Waals surface area contributed by atoms with Gasteiger partial charge >= 0.3 is 0 Å². The van der Waals surface area contributed by atoms with Crippen LogP contribution in [0.15, 0.2) is 17.5 Å². The molecule has 0 spiro atoms. The van der Waals surface area contributed by atoms with Gasteiger partial charge in [-0.2, -0.15) is 0 Å². The van der Waals surface area contributed by atoms with Crippen LogP contribution >= 0.6 is 11.3 Å². The molecule has 0 aliphatic carbocycles. The summed E-state index contributed by atoms with van der Waals surface area (Å²) in [5.74, 6) is 0.638. The lowest BCUT2D eigenvalue weighted by molar-refractivity contribution is -0.123. The zero-order valence-electron chi connectivity index (χ0n) is 13.3. The number of carbonyl (C=O) groups is 1. The molecule has 1 aromatic rings. The van der Waals surface area contributed by atoms with Gasteiger partial charge in [-0.15, -0.1) is 11.3 Å². The van der Waals surface area contributed by atoms with Crippen molar-refractivity contribution in [1.29, 1.82) is 0 Å². The highest BCUT2D eigenvalue weighted by molar-refractivity contribution is 7.09. The van der Waals surface area contributed by atoms with Gasteiger partial charge in [0.25, 0.3) is 0 Å². The van der Waals surface area contributed by atoms with Crippen LogP contribution in [0.3, 0.4) is 0 Å². The predicted molar refractivity (Wildman–Crippen MR) is 88.5 cm³/mol. The highest BCUT2D eigenvalue weighted by atomic mass is 32.1. The molecule has 1 fully saturated rings. The minimum absolute atomic E-state index is 0.155. The van der Waals surface area contributed by atoms with Crippen LogP contribution in [0.4, 0.5) is 0 Å². The summed E-state index contributed by atoms with van der Waals surface area (Å²) in [5.41, 5.74) is 0. The molecule has 1 amide bonds. The Morgan fingerprint density at radius 3 is 2.48 bits per heavy atom. The third-order valence-electron chi connectivity index (χ3n) is 4.18. The van der Waals surface area contributed by atoms with Gasteiger partial charge in [0, 0.05) is 43.6 Å². The first-order chi connectivity index (χ1) is 10.0. The molecule has 2 rings (SSSR count). The zero-order valence-corrected chi connectivity index (χ0v) is 14.2. The van der Waals surface area contributed by atoms with Crippen LogP contribution in [0.1, 0.15) is 25.6 Å². The molecule has 0 aromatic carbocycles. The summed E-state index contributed by atoms with van der Waals surface area (Å²) in [6.07, 6.45) is 0. The second-order valence-corrected chi connectivity index (χ2v) is 7.26. The molecule has 5 heteroatoms. The number of amides is 1. The van der Waals surface area contributed by atoms with Crippen molar-refractivity contribution < 1.29 is 4.79 Å². The molecule has 118 valence electrons. The Hall–Kier alpha value is -0.910. The van der Waals surface area contributed by atoms with Gasteiger partial charge in [0.15, 0.2) is 0 Å². The highest BCUT2D eigenvalue weighted by Gasteiger charge is 2.20. The summed E-state index contributed by atoms with van der Waals surface area (Å²) in [5, 5.41) is 5.21. The normalized spacial score (nSPS) is 18.9. The molecule has 2 heterocycles. The number of hydrogen-bond acceptors (Lipinski definition) is 4. The molecule has 1 saturated heterocycles. The largest absolute Gasteiger partial charge is 0.352 e. The van der Waals surface area contributed by atoms with Gasteiger partial charge < -0.3 is 5.32 Å². The summed E-state index contributed by atoms with van der Waals surface area (Å²) in [6, 6.07) is 4.55. The molecular formula is C16H27N3OS. The van der Waals surface area contributed by atoms with Crippen molar-refractivity contribution in [3.8, 4) is 0 Å². The van der Waals surface area contributed by atoms with Gasteiger partial charge in [-0.3, -0.25) is 14.6 Å². The van der Waals surface area contributed by atoms with E-state index in [1.165, 1.54) is 4.88 Å². The quantitative estimate of drug-likeness (QED) is 0.873. The molecule has 21 heavy (non-hydrogen) atoms. The Labute approximate surface area is 132 Å². The van der Waals surface area contributed by atoms with E-state index in [4.69, 9.17) is 0 Å². The van der Waals surface area contributed by atoms with Crippen molar-refractivity contribution in [3.05, 3.63) is 22.4 Å². The van der Waals surface area contributed by atoms with Crippen molar-refractivity contribution in [2.24, 2.45) is 5.92 Å². The van der Waals surface area contributed by atoms with Crippen molar-refractivity contribution in [1.82, 2.24) is 15.1 Å². The molecular weight excluding hydrogens is 282 g/mol. The monoisotopic (exact) mass is 309 g/mol. The number of carbonyl (C=O) groups excluding carboxylic acids is 1. The minimum atomic E-state index is 0.155. The SMILES string of the molecule is CC(C)C(C)NC(=O)CN1CCN(Cc2cccs2)CC1. The molecule has 1 aromatic heterocycles. The van der Waals surface area contributed by atoms with Crippen LogP contribution in [0, 0.1) is 5.92 Å². The smallest absolute Gasteiger partial charge is 0.234 e. The fourth-order valence-corrected chi connectivity index (χ4v) is 3.14. The molecule has 1 N–H and O–H groups in total. The Morgan fingerprint density at radius 1 is 1.24 bits per heavy atom. The maximum atomic E-state index is 12.0. The molecule has 1 atom stereocenters. The van der Waals surface area contributed by atoms with E-state index in [2.05, 4.69) is 53.4 Å². The molecule has 1 unspecified atom stereocenters. The third-order valence-corrected chi connectivity index (χ3v) is 5.04. The van der Waals surface area contributed by atoms with Gasteiger partial charge in [-0.25, -0.2) is 0 Å². The van der Waals surface area contributed by atoms with Gasteiger partial charge in [0.1, 0.15) is 0 Å². The fraction of sp³-hybridized carbons (Fsp3) is 0.688. The summed E-state index contributed by atoms with van der Waals surface area (Å²) in [6.45, 7) is 12.0. The predicted octanol–water partition coefficient (Wildman–Crippen LogP) is 2.03.